The fraction of sp³-hybridized carbons (Fsp3) is 0.500. The van der Waals surface area contributed by atoms with E-state index in [1.54, 1.807) is 0 Å². The van der Waals surface area contributed by atoms with E-state index >= 15 is 0 Å². The largest absolute Gasteiger partial charge is 0.533 e. The fourth-order valence-electron chi connectivity index (χ4n) is 0. The van der Waals surface area contributed by atoms with Crippen molar-refractivity contribution >= 4 is 17.9 Å². The van der Waals surface area contributed by atoms with Gasteiger partial charge in [-0.25, -0.2) is 0 Å². The number of nitrogens with zero attached hydrogens (tertiary/aromatic N) is 6. The Labute approximate surface area is 200 Å². The third-order valence-corrected chi connectivity index (χ3v) is 0.319. The molecular weight excluding hydrogens is 646 g/mol. The van der Waals surface area contributed by atoms with E-state index in [-0.39, 0.29) is 39.0 Å². The van der Waals surface area contributed by atoms with Gasteiger partial charge in [-0.1, -0.05) is 14.7 Å². The third-order valence-electron chi connectivity index (χ3n) is 0.319. The van der Waals surface area contributed by atoms with Crippen LogP contribution in [-0.4, -0.2) is 79.7 Å². The molecule has 0 aromatic rings. The van der Waals surface area contributed by atoms with E-state index in [0.29, 0.717) is 0 Å². The summed E-state index contributed by atoms with van der Waals surface area (Å²) in [5.74, 6) is -2.50. The summed E-state index contributed by atoms with van der Waals surface area (Å²) < 4.78 is 0. The minimum atomic E-state index is -3.11. The second-order valence-corrected chi connectivity index (χ2v) is 3.34. The summed E-state index contributed by atoms with van der Waals surface area (Å²) in [6.07, 6.45) is 0. The molecule has 0 atom stereocenters. The standard InChI is InChI=1S/3C2H4O2.3H2N2O4.2Ru/c3*1-2(3)4;3*3-1-2(4,5)6;;/h3*1H3,(H,3,4);3*4-5H;;. The molecule has 196 valence electrons. The van der Waals surface area contributed by atoms with Crippen molar-refractivity contribution in [3.05, 3.63) is 30.3 Å². The van der Waals surface area contributed by atoms with Crippen molar-refractivity contribution in [1.29, 1.82) is 0 Å². The Hall–Kier alpha value is -2.02. The van der Waals surface area contributed by atoms with Gasteiger partial charge < -0.3 is 30.9 Å². The van der Waals surface area contributed by atoms with Crippen LogP contribution in [0.25, 0.3) is 0 Å². The van der Waals surface area contributed by atoms with E-state index in [1.165, 1.54) is 15.9 Å². The molecule has 0 saturated heterocycles. The van der Waals surface area contributed by atoms with E-state index in [2.05, 4.69) is 0 Å². The van der Waals surface area contributed by atoms with E-state index < -0.39 is 33.2 Å². The number of aliphatic carboxylic acids is 3. The van der Waals surface area contributed by atoms with Gasteiger partial charge in [0.15, 0.2) is 0 Å². The van der Waals surface area contributed by atoms with Crippen molar-refractivity contribution in [1.82, 2.24) is 0 Å². The number of carboxylic acid groups (broad SMARTS) is 3. The first-order valence-corrected chi connectivity index (χ1v) is 5.68. The van der Waals surface area contributed by atoms with Gasteiger partial charge in [0.1, 0.15) is 0 Å². The van der Waals surface area contributed by atoms with Gasteiger partial charge in [0, 0.05) is 59.7 Å². The normalized spacial score (nSPS) is 8.62. The molecule has 0 aliphatic heterocycles. The molecule has 9 N–H and O–H groups in total. The molecule has 0 bridgehead atoms. The van der Waals surface area contributed by atoms with Crippen LogP contribution in [0.1, 0.15) is 20.8 Å². The topological polar surface area (TPSA) is 391 Å². The van der Waals surface area contributed by atoms with Gasteiger partial charge in [-0.3, -0.25) is 14.4 Å². The average Bonchev–Trinajstić information content (AvgIpc) is 2.44. The predicted molar refractivity (Wildman–Crippen MR) is 78.9 cm³/mol. The molecule has 26 heteroatoms. The Bertz CT molecular complexity index is 416. The van der Waals surface area contributed by atoms with Crippen molar-refractivity contribution in [2.24, 2.45) is 15.9 Å². The van der Waals surface area contributed by atoms with Gasteiger partial charge in [0.25, 0.3) is 17.9 Å². The maximum atomic E-state index is 9.04. The van der Waals surface area contributed by atoms with Crippen molar-refractivity contribution < 1.29 is 115 Å². The van der Waals surface area contributed by atoms with Crippen LogP contribution in [0.3, 0.4) is 0 Å². The maximum absolute atomic E-state index is 9.04. The first-order valence-electron chi connectivity index (χ1n) is 5.68. The molecular formula is C6H18N6O18Ru2. The Morgan fingerprint density at radius 1 is 0.531 bits per heavy atom. The first kappa shape index (κ1) is 52.1. The summed E-state index contributed by atoms with van der Waals surface area (Å²) in [6.45, 7) is 3.25. The molecule has 0 amide bonds. The summed E-state index contributed by atoms with van der Waals surface area (Å²) in [4.78, 5) is 53.2. The number of nitroso groups, excluding NO2 is 3. The molecule has 0 saturated carbocycles. The minimum Gasteiger partial charge on any atom is -0.533 e. The first-order chi connectivity index (χ1) is 12.9. The van der Waals surface area contributed by atoms with Gasteiger partial charge in [-0.15, -0.1) is 31.2 Å². The molecule has 0 aliphatic rings. The maximum Gasteiger partial charge on any atom is 0.300 e. The molecule has 0 spiro atoms. The van der Waals surface area contributed by atoms with Gasteiger partial charge in [-0.05, 0) is 0 Å². The van der Waals surface area contributed by atoms with Crippen molar-refractivity contribution in [2.45, 2.75) is 20.8 Å². The number of quaternary nitrogens is 3. The molecule has 32 heavy (non-hydrogen) atoms. The predicted octanol–water partition coefficient (Wildman–Crippen LogP) is -0.450. The molecule has 0 radical (unpaired) electrons. The smallest absolute Gasteiger partial charge is 0.300 e. The number of carboxylic acids is 3. The van der Waals surface area contributed by atoms with E-state index in [0.717, 1.165) is 20.8 Å². The number of carbonyl (C=O) groups is 3. The number of hydrogen-bond donors (Lipinski definition) is 9. The van der Waals surface area contributed by atoms with Crippen LogP contribution in [0.2, 0.25) is 0 Å². The van der Waals surface area contributed by atoms with Gasteiger partial charge in [0.2, 0.25) is 15.9 Å². The zero-order chi connectivity index (χ0) is 26.4. The van der Waals surface area contributed by atoms with Crippen LogP contribution in [0.5, 0.6) is 0 Å². The van der Waals surface area contributed by atoms with E-state index in [4.69, 9.17) is 91.3 Å². The van der Waals surface area contributed by atoms with Gasteiger partial charge >= 0.3 is 0 Å². The Balaban J connectivity index is -0.0000000359. The third kappa shape index (κ3) is 418. The number of rotatable bonds is 3. The Kier molecular flexibility index (Phi) is 47.2. The Morgan fingerprint density at radius 2 is 0.562 bits per heavy atom. The second kappa shape index (κ2) is 29.0. The molecule has 0 fully saturated rings. The van der Waals surface area contributed by atoms with Crippen molar-refractivity contribution in [3.63, 3.8) is 0 Å². The van der Waals surface area contributed by atoms with E-state index in [1.807, 2.05) is 0 Å². The van der Waals surface area contributed by atoms with Crippen molar-refractivity contribution in [2.75, 3.05) is 0 Å². The van der Waals surface area contributed by atoms with Gasteiger partial charge in [-0.2, -0.15) is 0 Å². The number of hydrogen-bond acceptors (Lipinski definition) is 18. The van der Waals surface area contributed by atoms with Crippen molar-refractivity contribution in [3.8, 4) is 0 Å². The molecule has 24 nitrogen and oxygen atoms in total. The summed E-state index contributed by atoms with van der Waals surface area (Å²) in [7, 11) is 0. The van der Waals surface area contributed by atoms with Crippen LogP contribution < -0.4 is 0 Å². The summed E-state index contributed by atoms with van der Waals surface area (Å²) >= 11 is 0. The van der Waals surface area contributed by atoms with E-state index in [9.17, 15) is 0 Å². The van der Waals surface area contributed by atoms with Gasteiger partial charge in [0.05, 0.1) is 15.2 Å². The van der Waals surface area contributed by atoms with Crippen LogP contribution in [0.15, 0.2) is 15.9 Å². The van der Waals surface area contributed by atoms with Crippen LogP contribution in [-0.2, 0) is 53.3 Å². The monoisotopic (exact) mass is 666 g/mol. The SMILES string of the molecule is CC(=O)O.CC(=O)O.CC(=O)O.O=N[N+]([O-])(O)O.O=N[N+]([O-])(O)O.O=N[N+]([O-])(O)O.[Ru].[Ru]. The zero-order valence-electron chi connectivity index (χ0n) is 15.6. The molecule has 0 aliphatic carbocycles. The Morgan fingerprint density at radius 3 is 0.562 bits per heavy atom. The molecule has 0 unspecified atom stereocenters. The zero-order valence-corrected chi connectivity index (χ0v) is 19.1. The van der Waals surface area contributed by atoms with Crippen LogP contribution >= 0.6 is 0 Å². The molecule has 0 aromatic heterocycles. The summed E-state index contributed by atoms with van der Waals surface area (Å²) in [5.41, 5.74) is 0. The quantitative estimate of drug-likeness (QED) is 0.0798. The minimum absolute atomic E-state index is 0. The fourth-order valence-corrected chi connectivity index (χ4v) is 0. The average molecular weight is 664 g/mol. The van der Waals surface area contributed by atoms with Crippen LogP contribution in [0, 0.1) is 30.3 Å². The molecule has 0 rings (SSSR count). The summed E-state index contributed by atoms with van der Waals surface area (Å²) in [5, 5.41) is 87.5. The molecule has 0 aromatic carbocycles. The second-order valence-electron chi connectivity index (χ2n) is 3.34. The van der Waals surface area contributed by atoms with Crippen LogP contribution in [0.4, 0.5) is 0 Å². The summed E-state index contributed by atoms with van der Waals surface area (Å²) in [6, 6.07) is 0. The molecule has 0 heterocycles.